The molecule has 2 fully saturated rings. The molecule has 2 aliphatic rings. The third-order valence-corrected chi connectivity index (χ3v) is 17.3. The zero-order valence-corrected chi connectivity index (χ0v) is 56.2. The van der Waals surface area contributed by atoms with E-state index in [1.54, 1.807) is 7.11 Å². The van der Waals surface area contributed by atoms with Gasteiger partial charge in [0.15, 0.2) is 12.6 Å². The lowest BCUT2D eigenvalue weighted by molar-refractivity contribution is -0.299. The lowest BCUT2D eigenvalue weighted by Crippen LogP contribution is -2.67. The van der Waals surface area contributed by atoms with Crippen LogP contribution in [-0.4, -0.2) is 141 Å². The van der Waals surface area contributed by atoms with Crippen molar-refractivity contribution in [2.45, 2.75) is 345 Å². The number of phosphoric acid groups is 1. The van der Waals surface area contributed by atoms with Gasteiger partial charge in [-0.05, 0) is 57.8 Å². The first-order valence-corrected chi connectivity index (χ1v) is 36.4. The van der Waals surface area contributed by atoms with Crippen LogP contribution < -0.4 is 10.6 Å². The van der Waals surface area contributed by atoms with Gasteiger partial charge in [-0.15, -0.1) is 0 Å². The Morgan fingerprint density at radius 1 is 0.535 bits per heavy atom. The van der Waals surface area contributed by atoms with Gasteiger partial charge in [0.05, 0.1) is 25.7 Å². The molecule has 0 aromatic carbocycles. The van der Waals surface area contributed by atoms with E-state index >= 15 is 0 Å². The fraction of sp³-hybridized carbons (Fsp3) is 0.923. The van der Waals surface area contributed by atoms with Crippen LogP contribution in [0.2, 0.25) is 0 Å². The summed E-state index contributed by atoms with van der Waals surface area (Å²) < 4.78 is 79.6. The molecule has 5 N–H and O–H groups in total. The maximum absolute atomic E-state index is 14.1. The Bertz CT molecular complexity index is 1770. The third-order valence-electron chi connectivity index (χ3n) is 16.5. The van der Waals surface area contributed by atoms with E-state index in [4.69, 9.17) is 42.2 Å². The minimum Gasteiger partial charge on any atom is -0.388 e. The quantitative estimate of drug-likeness (QED) is 0.0164. The first-order chi connectivity index (χ1) is 41.8. The number of hydrogen-bond donors (Lipinski definition) is 5. The minimum absolute atomic E-state index is 0.0565. The molecule has 0 aliphatic carbocycles. The summed E-state index contributed by atoms with van der Waals surface area (Å²) in [7, 11) is -2.98. The second-order valence-electron chi connectivity index (χ2n) is 24.1. The lowest BCUT2D eigenvalue weighted by Gasteiger charge is -2.47. The van der Waals surface area contributed by atoms with Crippen LogP contribution in [-0.2, 0) is 65.7 Å². The number of carbonyl (C=O) groups excluding carboxylic acids is 3. The number of amides is 2. The van der Waals surface area contributed by atoms with Crippen LogP contribution in [0, 0.1) is 0 Å². The molecule has 86 heavy (non-hydrogen) atoms. The lowest BCUT2D eigenvalue weighted by atomic mass is 9.95. The van der Waals surface area contributed by atoms with Crippen molar-refractivity contribution < 1.29 is 80.6 Å². The number of hydrogen-bond acceptors (Lipinski definition) is 15. The Hall–Kier alpha value is -1.80. The molecular weight excluding hydrogens is 1140 g/mol. The number of rotatable bonds is 58. The van der Waals surface area contributed by atoms with Crippen molar-refractivity contribution in [3.8, 4) is 0 Å². The first-order valence-electron chi connectivity index (χ1n) is 34.1. The summed E-state index contributed by atoms with van der Waals surface area (Å²) in [6.07, 6.45) is 31.2. The van der Waals surface area contributed by atoms with Crippen LogP contribution in [0.5, 0.6) is 0 Å². The molecule has 0 radical (unpaired) electrons. The number of Topliss-reactive ketones (excluding diaryl/α,β-unsaturated/α-hetero) is 1. The topological polar surface area (TPSA) is 253 Å². The molecule has 0 bridgehead atoms. The molecule has 0 saturated carbocycles. The molecule has 0 spiro atoms. The Morgan fingerprint density at radius 3 is 1.56 bits per heavy atom. The number of methoxy groups -OCH3 is 2. The standard InChI is InChI=1S/C65H122N2O17P2/c1-7-11-15-19-22-25-26-27-28-29-30-31-33-37-41-45-56(69)66-59-63(79-48-46-53(77-6)44-40-35-18-14-10-4)61(84-86(73,74)75)55(50-76-5)82-64(59)80-51-54-60(71)62(78-47-42-38-34-24-21-17-13-9-3)58(65(81-54)83-85-72)67-57(70)49-52(68)43-39-36-32-23-20-16-12-8-2/h25-26,53-55,58-65,71H,7-24,27-51H2,1-6H3,(H,66,69)(H,67,70)(H2,73,74,75)/t53-,54?,55?,58-,59-,60-,61-,62?,63-,64?,65-/m1/s1. The SMILES string of the molecule is CCCCCCC=CCCCCCCCCCC(=O)N[C@H]1C(OCC2O[C@H](OP=O)[C@H](NC(=O)CC(=O)CCCCCCCCCC)C(OCCCCCCCCCC)[C@@H]2O)OC(COC)[C@@H](OP(=O)(O)O)[C@@H]1OCC[C@@H](CCCCCCC)OC. The number of ether oxygens (including phenoxy) is 7. The van der Waals surface area contributed by atoms with Crippen LogP contribution in [0.3, 0.4) is 0 Å². The number of carbonyl (C=O) groups is 3. The highest BCUT2D eigenvalue weighted by molar-refractivity contribution is 7.46. The van der Waals surface area contributed by atoms with Gasteiger partial charge in [-0.2, -0.15) is 0 Å². The van der Waals surface area contributed by atoms with Crippen molar-refractivity contribution in [2.75, 3.05) is 40.6 Å². The van der Waals surface area contributed by atoms with Crippen molar-refractivity contribution in [1.29, 1.82) is 0 Å². The second-order valence-corrected chi connectivity index (χ2v) is 25.6. The van der Waals surface area contributed by atoms with E-state index in [-0.39, 0.29) is 50.5 Å². The van der Waals surface area contributed by atoms with Crippen molar-refractivity contribution in [3.63, 3.8) is 0 Å². The summed E-state index contributed by atoms with van der Waals surface area (Å²) in [6.45, 7) is 8.35. The van der Waals surface area contributed by atoms with Crippen molar-refractivity contribution in [2.24, 2.45) is 0 Å². The van der Waals surface area contributed by atoms with Crippen molar-refractivity contribution in [1.82, 2.24) is 10.6 Å². The van der Waals surface area contributed by atoms with Crippen LogP contribution in [0.4, 0.5) is 0 Å². The number of phosphoric ester groups is 1. The van der Waals surface area contributed by atoms with Gasteiger partial charge in [0, 0.05) is 40.3 Å². The number of allylic oxidation sites excluding steroid dienone is 2. The third kappa shape index (κ3) is 38.1. The molecule has 0 aromatic heterocycles. The summed E-state index contributed by atoms with van der Waals surface area (Å²) in [5.74, 6) is -1.22. The van der Waals surface area contributed by atoms with Gasteiger partial charge in [-0.25, -0.2) is 9.13 Å². The molecule has 19 nitrogen and oxygen atoms in total. The van der Waals surface area contributed by atoms with Crippen LogP contribution in [0.25, 0.3) is 0 Å². The highest BCUT2D eigenvalue weighted by Crippen LogP contribution is 2.43. The molecule has 504 valence electrons. The molecule has 11 atom stereocenters. The number of aliphatic hydroxyl groups is 1. The summed E-state index contributed by atoms with van der Waals surface area (Å²) in [5.41, 5.74) is 0. The monoisotopic (exact) mass is 1260 g/mol. The zero-order valence-electron chi connectivity index (χ0n) is 54.4. The largest absolute Gasteiger partial charge is 0.470 e. The van der Waals surface area contributed by atoms with Gasteiger partial charge in [0.2, 0.25) is 11.8 Å². The van der Waals surface area contributed by atoms with Gasteiger partial charge in [0.1, 0.15) is 54.5 Å². The summed E-state index contributed by atoms with van der Waals surface area (Å²) in [5, 5.41) is 18.1. The smallest absolute Gasteiger partial charge is 0.388 e. The van der Waals surface area contributed by atoms with Crippen molar-refractivity contribution in [3.05, 3.63) is 12.2 Å². The summed E-state index contributed by atoms with van der Waals surface area (Å²) in [6, 6.07) is -2.43. The van der Waals surface area contributed by atoms with E-state index in [0.29, 0.717) is 25.7 Å². The predicted octanol–water partition coefficient (Wildman–Crippen LogP) is 14.3. The number of aliphatic hydroxyl groups excluding tert-OH is 1. The molecule has 4 unspecified atom stereocenters. The summed E-state index contributed by atoms with van der Waals surface area (Å²) in [4.78, 5) is 61.5. The average molecular weight is 1270 g/mol. The van der Waals surface area contributed by atoms with Crippen LogP contribution >= 0.6 is 16.5 Å². The minimum atomic E-state index is -5.22. The molecular formula is C65H122N2O17P2. The zero-order chi connectivity index (χ0) is 62.9. The van der Waals surface area contributed by atoms with Gasteiger partial charge in [-0.1, -0.05) is 213 Å². The summed E-state index contributed by atoms with van der Waals surface area (Å²) >= 11 is 0. The fourth-order valence-corrected chi connectivity index (χ4v) is 12.3. The van der Waals surface area contributed by atoms with Crippen LogP contribution in [0.15, 0.2) is 12.2 Å². The number of ketones is 1. The number of unbranched alkanes of at least 4 members (excludes halogenated alkanes) is 29. The Labute approximate surface area is 521 Å². The number of nitrogens with one attached hydrogen (secondary N) is 2. The fourth-order valence-electron chi connectivity index (χ4n) is 11.4. The van der Waals surface area contributed by atoms with E-state index in [0.717, 1.165) is 141 Å². The molecule has 2 amide bonds. The van der Waals surface area contributed by atoms with Gasteiger partial charge in [0.25, 0.3) is 0 Å². The first kappa shape index (κ1) is 80.3. The molecule has 2 aliphatic heterocycles. The van der Waals surface area contributed by atoms with E-state index in [1.165, 1.54) is 71.3 Å². The molecule has 2 saturated heterocycles. The highest BCUT2D eigenvalue weighted by atomic mass is 31.2. The molecule has 0 aromatic rings. The normalized spacial score (nSPS) is 23.1. The Kier molecular flexibility index (Phi) is 49.3. The maximum Gasteiger partial charge on any atom is 0.470 e. The van der Waals surface area contributed by atoms with E-state index in [1.807, 2.05) is 0 Å². The van der Waals surface area contributed by atoms with Crippen LogP contribution in [0.1, 0.15) is 278 Å². The van der Waals surface area contributed by atoms with E-state index in [9.17, 15) is 38.4 Å². The van der Waals surface area contributed by atoms with Gasteiger partial charge >= 0.3 is 16.5 Å². The Balaban J connectivity index is 2.40. The Morgan fingerprint density at radius 2 is 1.01 bits per heavy atom. The van der Waals surface area contributed by atoms with Gasteiger partial charge < -0.3 is 58.7 Å². The second kappa shape index (κ2) is 52.8. The maximum atomic E-state index is 14.1. The van der Waals surface area contributed by atoms with E-state index < -0.39 is 96.7 Å². The molecule has 21 heteroatoms. The predicted molar refractivity (Wildman–Crippen MR) is 338 cm³/mol. The van der Waals surface area contributed by atoms with E-state index in [2.05, 4.69) is 50.5 Å². The van der Waals surface area contributed by atoms with Crippen molar-refractivity contribution >= 4 is 34.1 Å². The van der Waals surface area contributed by atoms with Gasteiger partial charge in [-0.3, -0.25) is 23.4 Å². The highest BCUT2D eigenvalue weighted by Gasteiger charge is 2.53. The molecule has 2 heterocycles. The molecule has 2 rings (SSSR count). The average Bonchev–Trinajstić information content (AvgIpc) is 1.13.